The molecule has 0 spiro atoms. The van der Waals surface area contributed by atoms with Crippen LogP contribution in [0.5, 0.6) is 0 Å². The van der Waals surface area contributed by atoms with Gasteiger partial charge in [-0.05, 0) is 6.08 Å². The summed E-state index contributed by atoms with van der Waals surface area (Å²) in [4.78, 5) is 34.6. The Balaban J connectivity index is 3.04. The number of aromatic nitrogens is 3. The van der Waals surface area contributed by atoms with Crippen molar-refractivity contribution in [3.63, 3.8) is 0 Å². The zero-order valence-electron chi connectivity index (χ0n) is 10.7. The van der Waals surface area contributed by atoms with Crippen molar-refractivity contribution in [2.24, 2.45) is 0 Å². The highest BCUT2D eigenvalue weighted by atomic mass is 16.5. The van der Waals surface area contributed by atoms with Gasteiger partial charge in [-0.2, -0.15) is 4.98 Å². The zero-order valence-corrected chi connectivity index (χ0v) is 10.7. The predicted molar refractivity (Wildman–Crippen MR) is 70.9 cm³/mol. The Morgan fingerprint density at radius 3 is 1.70 bits per heavy atom. The van der Waals surface area contributed by atoms with Gasteiger partial charge in [0.15, 0.2) is 5.82 Å². The van der Waals surface area contributed by atoms with E-state index in [1.165, 1.54) is 18.2 Å². The monoisotopic (exact) mass is 275 g/mol. The number of carbonyl (C=O) groups excluding carboxylic acids is 2. The molecular weight excluding hydrogens is 262 g/mol. The second kappa shape index (κ2) is 7.57. The Labute approximate surface area is 115 Å². The number of esters is 2. The molecule has 20 heavy (non-hydrogen) atoms. The van der Waals surface area contributed by atoms with E-state index in [9.17, 15) is 9.59 Å². The minimum atomic E-state index is -0.798. The lowest BCUT2D eigenvalue weighted by Gasteiger charge is -2.04. The Morgan fingerprint density at radius 1 is 0.900 bits per heavy atom. The van der Waals surface area contributed by atoms with E-state index in [2.05, 4.69) is 34.7 Å². The average Bonchev–Trinajstić information content (AvgIpc) is 2.49. The molecule has 104 valence electrons. The number of nitrogens with zero attached hydrogens (tertiary/aromatic N) is 3. The van der Waals surface area contributed by atoms with Gasteiger partial charge < -0.3 is 9.47 Å². The Morgan fingerprint density at radius 2 is 1.35 bits per heavy atom. The fourth-order valence-corrected chi connectivity index (χ4v) is 1.06. The van der Waals surface area contributed by atoms with Gasteiger partial charge in [-0.1, -0.05) is 31.9 Å². The van der Waals surface area contributed by atoms with Crippen molar-refractivity contribution in [2.75, 3.05) is 13.2 Å². The van der Waals surface area contributed by atoms with Crippen LogP contribution in [0.3, 0.4) is 0 Å². The second-order valence-electron chi connectivity index (χ2n) is 3.32. The number of carbonyl (C=O) groups is 2. The average molecular weight is 275 g/mol. The lowest BCUT2D eigenvalue weighted by molar-refractivity contribution is 0.0523. The highest BCUT2D eigenvalue weighted by Crippen LogP contribution is 2.02. The molecule has 0 saturated carbocycles. The smallest absolute Gasteiger partial charge is 0.376 e. The number of hydrogen-bond acceptors (Lipinski definition) is 7. The summed E-state index contributed by atoms with van der Waals surface area (Å²) in [7, 11) is 0. The maximum Gasteiger partial charge on any atom is 0.376 e. The number of ether oxygens (including phenoxy) is 2. The minimum Gasteiger partial charge on any atom is -0.456 e. The molecule has 0 aliphatic heterocycles. The Hall–Kier alpha value is -2.83. The molecule has 7 heteroatoms. The van der Waals surface area contributed by atoms with Crippen LogP contribution in [-0.2, 0) is 9.47 Å². The molecular formula is C13H13N3O4. The van der Waals surface area contributed by atoms with E-state index in [1.54, 1.807) is 0 Å². The van der Waals surface area contributed by atoms with Crippen molar-refractivity contribution in [1.29, 1.82) is 0 Å². The number of hydrogen-bond donors (Lipinski definition) is 0. The quantitative estimate of drug-likeness (QED) is 0.545. The van der Waals surface area contributed by atoms with Crippen molar-refractivity contribution in [2.45, 2.75) is 0 Å². The third-order valence-electron chi connectivity index (χ3n) is 1.86. The van der Waals surface area contributed by atoms with Gasteiger partial charge in [-0.25, -0.2) is 19.6 Å². The highest BCUT2D eigenvalue weighted by Gasteiger charge is 2.18. The molecule has 0 fully saturated rings. The van der Waals surface area contributed by atoms with E-state index < -0.39 is 11.9 Å². The molecule has 1 rings (SSSR count). The molecule has 0 aliphatic carbocycles. The summed E-state index contributed by atoms with van der Waals surface area (Å²) in [6.45, 7) is 10.3. The summed E-state index contributed by atoms with van der Waals surface area (Å²) in [6, 6.07) is 0. The topological polar surface area (TPSA) is 91.3 Å². The summed E-state index contributed by atoms with van der Waals surface area (Å²) in [6.07, 6.45) is 4.07. The van der Waals surface area contributed by atoms with Crippen LogP contribution in [0.4, 0.5) is 0 Å². The lowest BCUT2D eigenvalue weighted by atomic mass is 10.5. The van der Waals surface area contributed by atoms with Crippen LogP contribution >= 0.6 is 0 Å². The van der Waals surface area contributed by atoms with Crippen LogP contribution in [0.2, 0.25) is 0 Å². The largest absolute Gasteiger partial charge is 0.456 e. The van der Waals surface area contributed by atoms with Crippen LogP contribution in [0.15, 0.2) is 31.9 Å². The molecule has 0 aliphatic rings. The molecule has 0 saturated heterocycles. The van der Waals surface area contributed by atoms with Crippen molar-refractivity contribution in [3.8, 4) is 0 Å². The summed E-state index contributed by atoms with van der Waals surface area (Å²) in [5, 5.41) is 0. The highest BCUT2D eigenvalue weighted by molar-refractivity contribution is 5.89. The molecule has 0 unspecified atom stereocenters. The van der Waals surface area contributed by atoms with E-state index in [1.807, 2.05) is 0 Å². The Kier molecular flexibility index (Phi) is 5.76. The van der Waals surface area contributed by atoms with E-state index in [-0.39, 0.29) is 30.7 Å². The SMILES string of the molecule is C=CCOC(=O)c1nc(C=C)nc(C(=O)OCC=C)n1. The lowest BCUT2D eigenvalue weighted by Crippen LogP contribution is -2.18. The molecule has 0 atom stereocenters. The normalized spacial score (nSPS) is 9.40. The fraction of sp³-hybridized carbons (Fsp3) is 0.154. The van der Waals surface area contributed by atoms with Gasteiger partial charge in [-0.3, -0.25) is 0 Å². The standard InChI is InChI=1S/C13H13N3O4/c1-4-7-19-12(17)10-14-9(6-3)15-11(16-10)13(18)20-8-5-2/h4-6H,1-3,7-8H2. The van der Waals surface area contributed by atoms with E-state index in [0.717, 1.165) is 0 Å². The maximum absolute atomic E-state index is 11.6. The van der Waals surface area contributed by atoms with Crippen molar-refractivity contribution >= 4 is 18.0 Å². The first kappa shape index (κ1) is 15.2. The maximum atomic E-state index is 11.6. The molecule has 0 N–H and O–H groups in total. The van der Waals surface area contributed by atoms with E-state index in [0.29, 0.717) is 0 Å². The molecule has 0 amide bonds. The molecule has 0 aromatic carbocycles. The molecule has 1 aromatic heterocycles. The summed E-state index contributed by atoms with van der Waals surface area (Å²) in [5.41, 5.74) is 0. The van der Waals surface area contributed by atoms with Crippen LogP contribution in [0, 0.1) is 0 Å². The summed E-state index contributed by atoms with van der Waals surface area (Å²) in [5.74, 6) is -2.14. The third-order valence-corrected chi connectivity index (χ3v) is 1.86. The van der Waals surface area contributed by atoms with Gasteiger partial charge in [0, 0.05) is 0 Å². The van der Waals surface area contributed by atoms with Crippen LogP contribution in [-0.4, -0.2) is 40.1 Å². The predicted octanol–water partition coefficient (Wildman–Crippen LogP) is 1.20. The number of rotatable bonds is 7. The molecule has 0 radical (unpaired) electrons. The Bertz CT molecular complexity index is 512. The van der Waals surface area contributed by atoms with Gasteiger partial charge in [-0.15, -0.1) is 0 Å². The van der Waals surface area contributed by atoms with Gasteiger partial charge in [0.05, 0.1) is 0 Å². The van der Waals surface area contributed by atoms with Gasteiger partial charge in [0.2, 0.25) is 11.6 Å². The molecule has 0 bridgehead atoms. The summed E-state index contributed by atoms with van der Waals surface area (Å²) < 4.78 is 9.56. The zero-order chi connectivity index (χ0) is 15.0. The van der Waals surface area contributed by atoms with Crippen molar-refractivity contribution in [3.05, 3.63) is 49.4 Å². The second-order valence-corrected chi connectivity index (χ2v) is 3.32. The van der Waals surface area contributed by atoms with Gasteiger partial charge >= 0.3 is 11.9 Å². The van der Waals surface area contributed by atoms with Crippen LogP contribution in [0.1, 0.15) is 27.1 Å². The van der Waals surface area contributed by atoms with Gasteiger partial charge in [0.1, 0.15) is 13.2 Å². The van der Waals surface area contributed by atoms with Gasteiger partial charge in [0.25, 0.3) is 0 Å². The van der Waals surface area contributed by atoms with Crippen LogP contribution < -0.4 is 0 Å². The molecule has 7 nitrogen and oxygen atoms in total. The first-order valence-corrected chi connectivity index (χ1v) is 5.57. The molecule has 1 aromatic rings. The summed E-state index contributed by atoms with van der Waals surface area (Å²) >= 11 is 0. The fourth-order valence-electron chi connectivity index (χ4n) is 1.06. The first-order valence-electron chi connectivity index (χ1n) is 5.57. The third kappa shape index (κ3) is 4.13. The van der Waals surface area contributed by atoms with Crippen molar-refractivity contribution < 1.29 is 19.1 Å². The van der Waals surface area contributed by atoms with E-state index in [4.69, 9.17) is 9.47 Å². The molecule has 1 heterocycles. The minimum absolute atomic E-state index is 0.00415. The first-order chi connectivity index (χ1) is 9.62. The van der Waals surface area contributed by atoms with E-state index >= 15 is 0 Å². The van der Waals surface area contributed by atoms with Crippen molar-refractivity contribution in [1.82, 2.24) is 15.0 Å². The van der Waals surface area contributed by atoms with Crippen LogP contribution in [0.25, 0.3) is 6.08 Å².